The Morgan fingerprint density at radius 1 is 1.41 bits per heavy atom. The van der Waals surface area contributed by atoms with E-state index in [1.807, 2.05) is 39.0 Å². The molecule has 0 aliphatic carbocycles. The first-order valence-electron chi connectivity index (χ1n) is 7.16. The molecule has 1 aliphatic rings. The third-order valence-corrected chi connectivity index (χ3v) is 2.99. The van der Waals surface area contributed by atoms with Crippen molar-refractivity contribution in [3.8, 4) is 11.5 Å². The highest BCUT2D eigenvalue weighted by molar-refractivity contribution is 5.99. The number of hydrogen-bond acceptors (Lipinski definition) is 6. The van der Waals surface area contributed by atoms with Crippen LogP contribution >= 0.6 is 0 Å². The molecule has 1 aliphatic heterocycles. The van der Waals surface area contributed by atoms with E-state index in [1.54, 1.807) is 11.0 Å². The summed E-state index contributed by atoms with van der Waals surface area (Å²) in [6, 6.07) is 5.62. The second kappa shape index (κ2) is 6.05. The highest BCUT2D eigenvalue weighted by atomic mass is 16.6. The molecule has 2 aromatic rings. The summed E-state index contributed by atoms with van der Waals surface area (Å²) in [4.78, 5) is 9.33. The van der Waals surface area contributed by atoms with E-state index in [-0.39, 0.29) is 12.2 Å². The van der Waals surface area contributed by atoms with Crippen LogP contribution in [0.3, 0.4) is 0 Å². The molecule has 0 spiro atoms. The number of ether oxygens (including phenoxy) is 2. The van der Waals surface area contributed by atoms with Gasteiger partial charge in [0.2, 0.25) is 5.84 Å². The van der Waals surface area contributed by atoms with E-state index in [4.69, 9.17) is 14.3 Å². The maximum atomic E-state index is 5.80. The lowest BCUT2D eigenvalue weighted by Crippen LogP contribution is -2.26. The average molecular weight is 302 g/mol. The van der Waals surface area contributed by atoms with Crippen LogP contribution < -0.4 is 9.47 Å². The molecule has 0 saturated carbocycles. The van der Waals surface area contributed by atoms with Crippen molar-refractivity contribution in [2.24, 2.45) is 5.16 Å². The molecule has 22 heavy (non-hydrogen) atoms. The Morgan fingerprint density at radius 2 is 2.27 bits per heavy atom. The quantitative estimate of drug-likeness (QED) is 0.493. The van der Waals surface area contributed by atoms with E-state index in [9.17, 15) is 0 Å². The van der Waals surface area contributed by atoms with Gasteiger partial charge in [0, 0.05) is 5.56 Å². The number of aromatic nitrogens is 3. The number of fused-ring (bicyclic) bond motifs is 1. The summed E-state index contributed by atoms with van der Waals surface area (Å²) in [5.41, 5.74) is 0.808. The van der Waals surface area contributed by atoms with Crippen LogP contribution in [-0.2, 0) is 4.84 Å². The van der Waals surface area contributed by atoms with Crippen LogP contribution in [0.15, 0.2) is 36.0 Å². The summed E-state index contributed by atoms with van der Waals surface area (Å²) < 4.78 is 13.0. The van der Waals surface area contributed by atoms with Gasteiger partial charge < -0.3 is 14.3 Å². The highest BCUT2D eigenvalue weighted by Crippen LogP contribution is 2.32. The van der Waals surface area contributed by atoms with Crippen LogP contribution in [0.4, 0.5) is 0 Å². The average Bonchev–Trinajstić information content (AvgIpc) is 3.01. The molecule has 1 atom stereocenters. The predicted octanol–water partition coefficient (Wildman–Crippen LogP) is 2.07. The Balaban J connectivity index is 1.98. The topological polar surface area (TPSA) is 70.8 Å². The Hall–Kier alpha value is -2.57. The summed E-state index contributed by atoms with van der Waals surface area (Å²) in [5.74, 6) is 1.95. The van der Waals surface area contributed by atoms with Crippen LogP contribution in [-0.4, -0.2) is 39.4 Å². The Labute approximate surface area is 128 Å². The van der Waals surface area contributed by atoms with E-state index in [0.29, 0.717) is 18.2 Å². The Morgan fingerprint density at radius 3 is 3.00 bits per heavy atom. The van der Waals surface area contributed by atoms with Gasteiger partial charge in [0.15, 0.2) is 11.5 Å². The lowest BCUT2D eigenvalue weighted by atomic mass is 10.1. The molecule has 7 heteroatoms. The van der Waals surface area contributed by atoms with Crippen LogP contribution in [0.1, 0.15) is 26.3 Å². The van der Waals surface area contributed by atoms with Gasteiger partial charge in [-0.1, -0.05) is 5.16 Å². The van der Waals surface area contributed by atoms with Crippen molar-refractivity contribution in [3.63, 3.8) is 0 Å². The van der Waals surface area contributed by atoms with Gasteiger partial charge in [-0.2, -0.15) is 9.78 Å². The SMILES string of the molecule is CC(C)O/N=C(/c1ccc2c(c1)OC(C)CO2)n1cncn1. The summed E-state index contributed by atoms with van der Waals surface area (Å²) in [5, 5.41) is 8.31. The summed E-state index contributed by atoms with van der Waals surface area (Å²) in [6.07, 6.45) is 3.00. The second-order valence-electron chi connectivity index (χ2n) is 5.31. The second-order valence-corrected chi connectivity index (χ2v) is 5.31. The Kier molecular flexibility index (Phi) is 3.95. The summed E-state index contributed by atoms with van der Waals surface area (Å²) in [6.45, 7) is 6.33. The monoisotopic (exact) mass is 302 g/mol. The smallest absolute Gasteiger partial charge is 0.201 e. The van der Waals surface area contributed by atoms with Crippen LogP contribution in [0.5, 0.6) is 11.5 Å². The molecule has 116 valence electrons. The molecule has 0 fully saturated rings. The van der Waals surface area contributed by atoms with Crippen molar-refractivity contribution in [1.29, 1.82) is 0 Å². The molecule has 1 aromatic carbocycles. The van der Waals surface area contributed by atoms with Gasteiger partial charge in [-0.3, -0.25) is 0 Å². The van der Waals surface area contributed by atoms with Gasteiger partial charge >= 0.3 is 0 Å². The maximum absolute atomic E-state index is 5.80. The summed E-state index contributed by atoms with van der Waals surface area (Å²) >= 11 is 0. The standard InChI is InChI=1S/C15H18N4O3/c1-10(2)22-18-15(19-9-16-8-17-19)12-4-5-13-14(6-12)21-11(3)7-20-13/h4-6,8-11H,7H2,1-3H3/b18-15-. The first-order valence-corrected chi connectivity index (χ1v) is 7.16. The Bertz CT molecular complexity index is 667. The fraction of sp³-hybridized carbons (Fsp3) is 0.400. The third kappa shape index (κ3) is 3.03. The molecule has 7 nitrogen and oxygen atoms in total. The maximum Gasteiger partial charge on any atom is 0.201 e. The number of benzene rings is 1. The van der Waals surface area contributed by atoms with Gasteiger partial charge in [0.25, 0.3) is 0 Å². The van der Waals surface area contributed by atoms with Crippen LogP contribution in [0, 0.1) is 0 Å². The largest absolute Gasteiger partial charge is 0.486 e. The van der Waals surface area contributed by atoms with Crippen LogP contribution in [0.25, 0.3) is 0 Å². The summed E-state index contributed by atoms with van der Waals surface area (Å²) in [7, 11) is 0. The zero-order chi connectivity index (χ0) is 15.5. The molecule has 0 bridgehead atoms. The van der Waals surface area contributed by atoms with Crippen molar-refractivity contribution in [1.82, 2.24) is 14.8 Å². The minimum absolute atomic E-state index is 0.0152. The molecule has 1 unspecified atom stereocenters. The molecule has 0 N–H and O–H groups in total. The van der Waals surface area contributed by atoms with Gasteiger partial charge in [-0.15, -0.1) is 0 Å². The number of oxime groups is 1. The molecule has 2 heterocycles. The van der Waals surface area contributed by atoms with E-state index in [0.717, 1.165) is 11.3 Å². The molecular formula is C15H18N4O3. The minimum atomic E-state index is -0.0317. The van der Waals surface area contributed by atoms with Gasteiger partial charge in [0.1, 0.15) is 31.5 Å². The fourth-order valence-corrected chi connectivity index (χ4v) is 2.02. The molecule has 0 radical (unpaired) electrons. The number of hydrogen-bond donors (Lipinski definition) is 0. The van der Waals surface area contributed by atoms with Crippen molar-refractivity contribution in [2.75, 3.05) is 6.61 Å². The van der Waals surface area contributed by atoms with E-state index < -0.39 is 0 Å². The molecule has 0 saturated heterocycles. The van der Waals surface area contributed by atoms with E-state index in [2.05, 4.69) is 15.2 Å². The lowest BCUT2D eigenvalue weighted by molar-refractivity contribution is 0.0851. The van der Waals surface area contributed by atoms with Gasteiger partial charge in [-0.25, -0.2) is 4.98 Å². The number of rotatable bonds is 3. The van der Waals surface area contributed by atoms with Crippen molar-refractivity contribution < 1.29 is 14.3 Å². The molecule has 0 amide bonds. The van der Waals surface area contributed by atoms with E-state index >= 15 is 0 Å². The van der Waals surface area contributed by atoms with Crippen molar-refractivity contribution in [2.45, 2.75) is 33.0 Å². The van der Waals surface area contributed by atoms with Gasteiger partial charge in [-0.05, 0) is 39.0 Å². The zero-order valence-corrected chi connectivity index (χ0v) is 12.8. The molecule has 3 rings (SSSR count). The lowest BCUT2D eigenvalue weighted by Gasteiger charge is -2.24. The third-order valence-electron chi connectivity index (χ3n) is 2.99. The van der Waals surface area contributed by atoms with E-state index in [1.165, 1.54) is 6.33 Å². The number of nitrogens with zero attached hydrogens (tertiary/aromatic N) is 4. The molecule has 1 aromatic heterocycles. The predicted molar refractivity (Wildman–Crippen MR) is 80.2 cm³/mol. The van der Waals surface area contributed by atoms with Crippen LogP contribution in [0.2, 0.25) is 0 Å². The normalized spacial score (nSPS) is 17.6. The van der Waals surface area contributed by atoms with Gasteiger partial charge in [0.05, 0.1) is 0 Å². The first kappa shape index (κ1) is 14.4. The minimum Gasteiger partial charge on any atom is -0.486 e. The van der Waals surface area contributed by atoms with Crippen molar-refractivity contribution in [3.05, 3.63) is 36.4 Å². The zero-order valence-electron chi connectivity index (χ0n) is 12.8. The first-order chi connectivity index (χ1) is 10.6. The highest BCUT2D eigenvalue weighted by Gasteiger charge is 2.19. The van der Waals surface area contributed by atoms with Crippen molar-refractivity contribution >= 4 is 5.84 Å². The molecular weight excluding hydrogens is 284 g/mol. The fourth-order valence-electron chi connectivity index (χ4n) is 2.02.